The third-order valence-electron chi connectivity index (χ3n) is 3.04. The number of hydrogen-bond donors (Lipinski definition) is 1. The highest BCUT2D eigenvalue weighted by Gasteiger charge is 2.20. The molecule has 0 bridgehead atoms. The van der Waals surface area contributed by atoms with Crippen molar-refractivity contribution in [1.29, 1.82) is 0 Å². The fourth-order valence-electron chi connectivity index (χ4n) is 2.08. The summed E-state index contributed by atoms with van der Waals surface area (Å²) in [4.78, 5) is 0. The minimum Gasteiger partial charge on any atom is -0.382 e. The van der Waals surface area contributed by atoms with Gasteiger partial charge in [-0.3, -0.25) is 0 Å². The van der Waals surface area contributed by atoms with Gasteiger partial charge in [0.25, 0.3) is 0 Å². The van der Waals surface area contributed by atoms with Gasteiger partial charge in [-0.1, -0.05) is 18.5 Å². The van der Waals surface area contributed by atoms with Crippen LogP contribution in [0.2, 0.25) is 5.02 Å². The molecule has 2 unspecified atom stereocenters. The Hall–Kier alpha value is -0.730. The summed E-state index contributed by atoms with van der Waals surface area (Å²) >= 11 is 5.85. The average Bonchev–Trinajstić information content (AvgIpc) is 2.32. The van der Waals surface area contributed by atoms with Crippen molar-refractivity contribution in [2.45, 2.75) is 38.3 Å². The third-order valence-corrected chi connectivity index (χ3v) is 3.29. The fourth-order valence-corrected chi connectivity index (χ4v) is 2.20. The van der Waals surface area contributed by atoms with E-state index in [2.05, 4.69) is 12.2 Å². The number of anilines is 1. The first-order valence-electron chi connectivity index (χ1n) is 5.91. The second-order valence-electron chi connectivity index (χ2n) is 4.27. The van der Waals surface area contributed by atoms with Gasteiger partial charge in [0.05, 0.1) is 6.10 Å². The first-order valence-corrected chi connectivity index (χ1v) is 6.29. The Labute approximate surface area is 102 Å². The van der Waals surface area contributed by atoms with Crippen LogP contribution in [-0.2, 0) is 4.74 Å². The Kier molecular flexibility index (Phi) is 4.08. The van der Waals surface area contributed by atoms with Crippen LogP contribution in [0.4, 0.5) is 5.69 Å². The summed E-state index contributed by atoms with van der Waals surface area (Å²) < 4.78 is 5.65. The van der Waals surface area contributed by atoms with Gasteiger partial charge in [-0.25, -0.2) is 0 Å². The molecule has 1 aliphatic heterocycles. The maximum atomic E-state index is 5.85. The van der Waals surface area contributed by atoms with Gasteiger partial charge in [-0.15, -0.1) is 0 Å². The average molecular weight is 240 g/mol. The Morgan fingerprint density at radius 3 is 2.81 bits per heavy atom. The molecule has 0 aliphatic carbocycles. The van der Waals surface area contributed by atoms with Crippen molar-refractivity contribution in [2.75, 3.05) is 11.9 Å². The highest BCUT2D eigenvalue weighted by Crippen LogP contribution is 2.21. The van der Waals surface area contributed by atoms with E-state index in [9.17, 15) is 0 Å². The van der Waals surface area contributed by atoms with Crippen molar-refractivity contribution in [3.05, 3.63) is 29.3 Å². The molecule has 0 amide bonds. The van der Waals surface area contributed by atoms with Crippen LogP contribution in [-0.4, -0.2) is 18.8 Å². The van der Waals surface area contributed by atoms with Crippen molar-refractivity contribution in [3.8, 4) is 0 Å². The van der Waals surface area contributed by atoms with Gasteiger partial charge in [-0.05, 0) is 43.5 Å². The molecular formula is C13H18ClNO. The Morgan fingerprint density at radius 1 is 1.38 bits per heavy atom. The normalized spacial score (nSPS) is 25.4. The van der Waals surface area contributed by atoms with E-state index in [4.69, 9.17) is 16.3 Å². The first-order chi connectivity index (χ1) is 7.78. The zero-order chi connectivity index (χ0) is 11.4. The van der Waals surface area contributed by atoms with Crippen LogP contribution in [0.15, 0.2) is 24.3 Å². The summed E-state index contributed by atoms with van der Waals surface area (Å²) in [6.07, 6.45) is 3.69. The maximum Gasteiger partial charge on any atom is 0.0592 e. The summed E-state index contributed by atoms with van der Waals surface area (Å²) in [6.45, 7) is 3.04. The number of halogens is 1. The van der Waals surface area contributed by atoms with Gasteiger partial charge in [0, 0.05) is 23.4 Å². The number of rotatable bonds is 3. The Balaban J connectivity index is 1.91. The molecule has 1 N–H and O–H groups in total. The highest BCUT2D eigenvalue weighted by atomic mass is 35.5. The van der Waals surface area contributed by atoms with Crippen molar-refractivity contribution in [1.82, 2.24) is 0 Å². The van der Waals surface area contributed by atoms with E-state index in [1.165, 1.54) is 0 Å². The molecule has 0 radical (unpaired) electrons. The second-order valence-corrected chi connectivity index (χ2v) is 4.71. The molecule has 1 heterocycles. The van der Waals surface area contributed by atoms with E-state index < -0.39 is 0 Å². The highest BCUT2D eigenvalue weighted by molar-refractivity contribution is 6.30. The zero-order valence-electron chi connectivity index (χ0n) is 9.58. The van der Waals surface area contributed by atoms with E-state index in [0.717, 1.165) is 36.6 Å². The molecule has 88 valence electrons. The summed E-state index contributed by atoms with van der Waals surface area (Å²) in [5, 5.41) is 4.32. The van der Waals surface area contributed by atoms with Crippen molar-refractivity contribution in [2.24, 2.45) is 0 Å². The van der Waals surface area contributed by atoms with E-state index in [1.807, 2.05) is 24.3 Å². The minimum atomic E-state index is 0.415. The molecular weight excluding hydrogens is 222 g/mol. The van der Waals surface area contributed by atoms with Crippen molar-refractivity contribution in [3.63, 3.8) is 0 Å². The number of ether oxygens (including phenoxy) is 1. The molecule has 1 aromatic carbocycles. The van der Waals surface area contributed by atoms with E-state index >= 15 is 0 Å². The van der Waals surface area contributed by atoms with Crippen LogP contribution >= 0.6 is 11.6 Å². The largest absolute Gasteiger partial charge is 0.382 e. The lowest BCUT2D eigenvalue weighted by Crippen LogP contribution is -2.33. The maximum absolute atomic E-state index is 5.85. The van der Waals surface area contributed by atoms with Crippen LogP contribution < -0.4 is 5.32 Å². The molecule has 2 atom stereocenters. The zero-order valence-corrected chi connectivity index (χ0v) is 10.3. The lowest BCUT2D eigenvalue weighted by Gasteiger charge is -2.30. The summed E-state index contributed by atoms with van der Waals surface area (Å²) in [5.41, 5.74) is 1.14. The minimum absolute atomic E-state index is 0.415. The molecule has 0 aromatic heterocycles. The summed E-state index contributed by atoms with van der Waals surface area (Å²) in [7, 11) is 0. The van der Waals surface area contributed by atoms with Gasteiger partial charge < -0.3 is 10.1 Å². The van der Waals surface area contributed by atoms with Gasteiger partial charge >= 0.3 is 0 Å². The molecule has 0 spiro atoms. The summed E-state index contributed by atoms with van der Waals surface area (Å²) in [6, 6.07) is 8.42. The third kappa shape index (κ3) is 3.13. The van der Waals surface area contributed by atoms with E-state index in [0.29, 0.717) is 12.1 Å². The SMILES string of the molecule is CCC1CC(Nc2ccc(Cl)cc2)CCO1. The van der Waals surface area contributed by atoms with Crippen LogP contribution in [0.1, 0.15) is 26.2 Å². The second kappa shape index (κ2) is 5.55. The predicted molar refractivity (Wildman–Crippen MR) is 68.1 cm³/mol. The van der Waals surface area contributed by atoms with Crippen molar-refractivity contribution < 1.29 is 4.74 Å². The standard InChI is InChI=1S/C13H18ClNO/c1-2-13-9-12(7-8-16-13)15-11-5-3-10(14)4-6-11/h3-6,12-13,15H,2,7-9H2,1H3. The van der Waals surface area contributed by atoms with Gasteiger partial charge in [0.1, 0.15) is 0 Å². The van der Waals surface area contributed by atoms with Crippen LogP contribution in [0, 0.1) is 0 Å². The topological polar surface area (TPSA) is 21.3 Å². The number of nitrogens with one attached hydrogen (secondary N) is 1. The molecule has 1 aliphatic rings. The van der Waals surface area contributed by atoms with Crippen LogP contribution in [0.25, 0.3) is 0 Å². The van der Waals surface area contributed by atoms with Gasteiger partial charge in [0.15, 0.2) is 0 Å². The smallest absolute Gasteiger partial charge is 0.0592 e. The molecule has 3 heteroatoms. The quantitative estimate of drug-likeness (QED) is 0.868. The van der Waals surface area contributed by atoms with E-state index in [-0.39, 0.29) is 0 Å². The molecule has 2 rings (SSSR count). The number of benzene rings is 1. The lowest BCUT2D eigenvalue weighted by atomic mass is 10.0. The molecule has 16 heavy (non-hydrogen) atoms. The fraction of sp³-hybridized carbons (Fsp3) is 0.538. The molecule has 1 aromatic rings. The Bertz CT molecular complexity index is 325. The molecule has 1 fully saturated rings. The lowest BCUT2D eigenvalue weighted by molar-refractivity contribution is 0.00926. The van der Waals surface area contributed by atoms with Crippen molar-refractivity contribution >= 4 is 17.3 Å². The van der Waals surface area contributed by atoms with Crippen LogP contribution in [0.3, 0.4) is 0 Å². The van der Waals surface area contributed by atoms with E-state index in [1.54, 1.807) is 0 Å². The monoisotopic (exact) mass is 239 g/mol. The molecule has 1 saturated heterocycles. The Morgan fingerprint density at radius 2 is 2.12 bits per heavy atom. The molecule has 2 nitrogen and oxygen atoms in total. The van der Waals surface area contributed by atoms with Gasteiger partial charge in [-0.2, -0.15) is 0 Å². The predicted octanol–water partition coefficient (Wildman–Crippen LogP) is 3.71. The summed E-state index contributed by atoms with van der Waals surface area (Å²) in [5.74, 6) is 0. The first kappa shape index (κ1) is 11.7. The molecule has 0 saturated carbocycles. The van der Waals surface area contributed by atoms with Gasteiger partial charge in [0.2, 0.25) is 0 Å². The van der Waals surface area contributed by atoms with Crippen LogP contribution in [0.5, 0.6) is 0 Å². The number of hydrogen-bond acceptors (Lipinski definition) is 2.